The fourth-order valence-electron chi connectivity index (χ4n) is 3.05. The third kappa shape index (κ3) is 8.62. The zero-order valence-electron chi connectivity index (χ0n) is 17.2. The molecule has 1 fully saturated rings. The number of hydrogen-bond donors (Lipinski definition) is 1. The van der Waals surface area contributed by atoms with Crippen molar-refractivity contribution in [3.05, 3.63) is 24.3 Å². The summed E-state index contributed by atoms with van der Waals surface area (Å²) >= 11 is 0. The summed E-state index contributed by atoms with van der Waals surface area (Å²) in [6.45, 7) is 7.47. The van der Waals surface area contributed by atoms with Crippen molar-refractivity contribution in [2.24, 2.45) is 5.92 Å². The van der Waals surface area contributed by atoms with Gasteiger partial charge in [0.2, 0.25) is 5.91 Å². The Balaban J connectivity index is 0. The summed E-state index contributed by atoms with van der Waals surface area (Å²) in [6, 6.07) is 8.18. The number of nitrogens with one attached hydrogen (secondary N) is 1. The summed E-state index contributed by atoms with van der Waals surface area (Å²) in [5, 5.41) is 3.08. The van der Waals surface area contributed by atoms with Crippen LogP contribution in [-0.2, 0) is 4.79 Å². The molecule has 0 aliphatic carbocycles. The molecular formula is C19H35Cl3N4O2. The zero-order chi connectivity index (χ0) is 18.2. The minimum Gasteiger partial charge on any atom is -0.490 e. The van der Waals surface area contributed by atoms with Gasteiger partial charge in [-0.3, -0.25) is 4.79 Å². The first-order valence-corrected chi connectivity index (χ1v) is 9.07. The fraction of sp³-hybridized carbons (Fsp3) is 0.632. The van der Waals surface area contributed by atoms with Gasteiger partial charge >= 0.3 is 0 Å². The van der Waals surface area contributed by atoms with E-state index in [9.17, 15) is 4.79 Å². The number of hydrogen-bond acceptors (Lipinski definition) is 5. The normalized spacial score (nSPS) is 14.5. The fourth-order valence-corrected chi connectivity index (χ4v) is 3.05. The molecule has 1 aliphatic heterocycles. The lowest BCUT2D eigenvalue weighted by atomic mass is 10.1. The number of piperazine rings is 1. The van der Waals surface area contributed by atoms with Gasteiger partial charge in [-0.05, 0) is 33.3 Å². The molecule has 6 nitrogen and oxygen atoms in total. The van der Waals surface area contributed by atoms with Gasteiger partial charge < -0.3 is 24.8 Å². The van der Waals surface area contributed by atoms with E-state index in [1.165, 1.54) is 0 Å². The van der Waals surface area contributed by atoms with Crippen LogP contribution in [0.15, 0.2) is 24.3 Å². The molecule has 1 aromatic carbocycles. The van der Waals surface area contributed by atoms with E-state index in [1.807, 2.05) is 51.2 Å². The van der Waals surface area contributed by atoms with E-state index < -0.39 is 0 Å². The maximum atomic E-state index is 12.4. The Labute approximate surface area is 188 Å². The van der Waals surface area contributed by atoms with Gasteiger partial charge in [0.05, 0.1) is 5.69 Å². The van der Waals surface area contributed by atoms with Crippen LogP contribution in [0.3, 0.4) is 0 Å². The Morgan fingerprint density at radius 1 is 1.14 bits per heavy atom. The van der Waals surface area contributed by atoms with Crippen molar-refractivity contribution in [1.82, 2.24) is 15.1 Å². The van der Waals surface area contributed by atoms with E-state index in [0.29, 0.717) is 6.61 Å². The van der Waals surface area contributed by atoms with Gasteiger partial charge in [0.15, 0.2) is 0 Å². The average Bonchev–Trinajstić information content (AvgIpc) is 2.61. The highest BCUT2D eigenvalue weighted by molar-refractivity contribution is 5.86. The van der Waals surface area contributed by atoms with Gasteiger partial charge in [-0.2, -0.15) is 0 Å². The van der Waals surface area contributed by atoms with Crippen LogP contribution in [-0.4, -0.2) is 82.7 Å². The molecule has 28 heavy (non-hydrogen) atoms. The minimum absolute atomic E-state index is 0. The predicted molar refractivity (Wildman–Crippen MR) is 124 cm³/mol. The van der Waals surface area contributed by atoms with E-state index in [1.54, 1.807) is 0 Å². The third-order valence-corrected chi connectivity index (χ3v) is 4.53. The second kappa shape index (κ2) is 15.0. The number of anilines is 1. The van der Waals surface area contributed by atoms with E-state index >= 15 is 0 Å². The number of para-hydroxylation sites is 2. The SMILES string of the molecule is CNCC(C)C(=O)N1CCN(c2ccccc2OCCN(C)C)CC1.Cl.Cl.Cl. The second-order valence-corrected chi connectivity index (χ2v) is 6.89. The molecule has 164 valence electrons. The summed E-state index contributed by atoms with van der Waals surface area (Å²) < 4.78 is 5.97. The van der Waals surface area contributed by atoms with Gasteiger partial charge in [-0.25, -0.2) is 0 Å². The molecule has 1 saturated heterocycles. The summed E-state index contributed by atoms with van der Waals surface area (Å²) in [7, 11) is 5.97. The summed E-state index contributed by atoms with van der Waals surface area (Å²) in [4.78, 5) is 18.8. The van der Waals surface area contributed by atoms with E-state index in [0.717, 1.165) is 50.7 Å². The van der Waals surface area contributed by atoms with Crippen molar-refractivity contribution in [2.75, 3.05) is 71.9 Å². The molecule has 1 unspecified atom stereocenters. The van der Waals surface area contributed by atoms with Crippen LogP contribution in [0.5, 0.6) is 5.75 Å². The average molecular weight is 458 g/mol. The highest BCUT2D eigenvalue weighted by atomic mass is 35.5. The summed E-state index contributed by atoms with van der Waals surface area (Å²) in [5.74, 6) is 1.19. The van der Waals surface area contributed by atoms with E-state index in [4.69, 9.17) is 4.74 Å². The van der Waals surface area contributed by atoms with Crippen molar-refractivity contribution in [3.8, 4) is 5.75 Å². The van der Waals surface area contributed by atoms with Crippen LogP contribution in [0.25, 0.3) is 0 Å². The van der Waals surface area contributed by atoms with Crippen LogP contribution in [0, 0.1) is 5.92 Å². The molecule has 0 saturated carbocycles. The molecule has 1 aromatic rings. The van der Waals surface area contributed by atoms with Crippen molar-refractivity contribution in [2.45, 2.75) is 6.92 Å². The minimum atomic E-state index is 0. The Bertz CT molecular complexity index is 556. The first-order valence-electron chi connectivity index (χ1n) is 9.07. The van der Waals surface area contributed by atoms with Crippen LogP contribution in [0.2, 0.25) is 0 Å². The second-order valence-electron chi connectivity index (χ2n) is 6.89. The molecule has 1 heterocycles. The first-order chi connectivity index (χ1) is 12.0. The molecule has 0 radical (unpaired) electrons. The largest absolute Gasteiger partial charge is 0.490 e. The van der Waals surface area contributed by atoms with Gasteiger partial charge in [-0.1, -0.05) is 19.1 Å². The van der Waals surface area contributed by atoms with Gasteiger partial charge in [0.25, 0.3) is 0 Å². The number of nitrogens with zero attached hydrogens (tertiary/aromatic N) is 3. The Morgan fingerprint density at radius 2 is 1.75 bits per heavy atom. The van der Waals surface area contributed by atoms with Gasteiger partial charge in [0, 0.05) is 45.2 Å². The zero-order valence-corrected chi connectivity index (χ0v) is 19.7. The van der Waals surface area contributed by atoms with Crippen molar-refractivity contribution in [3.63, 3.8) is 0 Å². The number of carbonyl (C=O) groups excluding carboxylic acids is 1. The topological polar surface area (TPSA) is 48.1 Å². The standard InChI is InChI=1S/C19H32N4O2.3ClH/c1-16(15-20-2)19(24)23-11-9-22(10-12-23)17-7-5-6-8-18(17)25-14-13-21(3)4;;;/h5-8,16,20H,9-15H2,1-4H3;3*1H. The molecule has 0 bridgehead atoms. The predicted octanol–water partition coefficient (Wildman–Crippen LogP) is 2.40. The number of amides is 1. The number of likely N-dealkylation sites (N-methyl/N-ethyl adjacent to an activating group) is 1. The summed E-state index contributed by atoms with van der Waals surface area (Å²) in [6.07, 6.45) is 0. The molecule has 1 N–H and O–H groups in total. The van der Waals surface area contributed by atoms with E-state index in [2.05, 4.69) is 21.2 Å². The van der Waals surface area contributed by atoms with Crippen molar-refractivity contribution >= 4 is 48.8 Å². The first kappa shape index (κ1) is 29.3. The number of ether oxygens (including phenoxy) is 1. The smallest absolute Gasteiger partial charge is 0.226 e. The number of halogens is 3. The Kier molecular flexibility index (Phi) is 15.7. The molecule has 1 atom stereocenters. The Hall–Kier alpha value is -0.920. The van der Waals surface area contributed by atoms with Crippen molar-refractivity contribution in [1.29, 1.82) is 0 Å². The van der Waals surface area contributed by atoms with Crippen LogP contribution in [0.4, 0.5) is 5.69 Å². The monoisotopic (exact) mass is 456 g/mol. The molecular weight excluding hydrogens is 423 g/mol. The molecule has 0 aromatic heterocycles. The molecule has 2 rings (SSSR count). The van der Waals surface area contributed by atoms with Gasteiger partial charge in [0.1, 0.15) is 12.4 Å². The number of carbonyl (C=O) groups is 1. The Morgan fingerprint density at radius 3 is 2.32 bits per heavy atom. The molecule has 1 aliphatic rings. The quantitative estimate of drug-likeness (QED) is 0.649. The van der Waals surface area contributed by atoms with Crippen LogP contribution < -0.4 is 15.0 Å². The summed E-state index contributed by atoms with van der Waals surface area (Å²) in [5.41, 5.74) is 1.12. The maximum Gasteiger partial charge on any atom is 0.226 e. The number of benzene rings is 1. The molecule has 9 heteroatoms. The maximum absolute atomic E-state index is 12.4. The molecule has 0 spiro atoms. The lowest BCUT2D eigenvalue weighted by molar-refractivity contribution is -0.135. The van der Waals surface area contributed by atoms with Crippen LogP contribution in [0.1, 0.15) is 6.92 Å². The highest BCUT2D eigenvalue weighted by Crippen LogP contribution is 2.29. The van der Waals surface area contributed by atoms with Crippen LogP contribution >= 0.6 is 37.2 Å². The molecule has 1 amide bonds. The third-order valence-electron chi connectivity index (χ3n) is 4.53. The highest BCUT2D eigenvalue weighted by Gasteiger charge is 2.25. The number of rotatable bonds is 8. The van der Waals surface area contributed by atoms with Gasteiger partial charge in [-0.15, -0.1) is 37.2 Å². The van der Waals surface area contributed by atoms with Crippen molar-refractivity contribution < 1.29 is 9.53 Å². The lowest BCUT2D eigenvalue weighted by Crippen LogP contribution is -2.51. The lowest BCUT2D eigenvalue weighted by Gasteiger charge is -2.37. The van der Waals surface area contributed by atoms with E-state index in [-0.39, 0.29) is 49.0 Å².